The number of hydrogen-bond donors (Lipinski definition) is 1. The van der Waals surface area contributed by atoms with Crippen molar-refractivity contribution in [2.24, 2.45) is 11.7 Å². The van der Waals surface area contributed by atoms with Crippen LogP contribution in [0.25, 0.3) is 0 Å². The minimum atomic E-state index is -0.0994. The van der Waals surface area contributed by atoms with Crippen LogP contribution < -0.4 is 15.2 Å². The maximum absolute atomic E-state index is 6.00. The zero-order valence-corrected chi connectivity index (χ0v) is 11.9. The number of nitrogens with two attached hydrogens (primary N) is 1. The normalized spacial score (nSPS) is 14.1. The Hall–Kier alpha value is -1.22. The monoisotopic (exact) mass is 251 g/mol. The summed E-state index contributed by atoms with van der Waals surface area (Å²) in [5.74, 6) is 2.19. The Labute approximate surface area is 110 Å². The molecule has 3 heteroatoms. The number of ether oxygens (including phenoxy) is 2. The van der Waals surface area contributed by atoms with Crippen LogP contribution in [0.15, 0.2) is 18.2 Å². The van der Waals surface area contributed by atoms with Crippen molar-refractivity contribution in [2.45, 2.75) is 39.7 Å². The third-order valence-corrected chi connectivity index (χ3v) is 3.01. The first-order chi connectivity index (χ1) is 8.60. The Morgan fingerprint density at radius 2 is 1.89 bits per heavy atom. The van der Waals surface area contributed by atoms with Crippen molar-refractivity contribution >= 4 is 0 Å². The second-order valence-electron chi connectivity index (χ2n) is 4.87. The van der Waals surface area contributed by atoms with Crippen molar-refractivity contribution in [3.8, 4) is 11.5 Å². The molecule has 0 fully saturated rings. The molecule has 0 spiro atoms. The van der Waals surface area contributed by atoms with E-state index in [1.54, 1.807) is 7.11 Å². The number of rotatable bonds is 7. The van der Waals surface area contributed by atoms with Gasteiger partial charge in [0.25, 0.3) is 0 Å². The highest BCUT2D eigenvalue weighted by molar-refractivity contribution is 5.46. The summed E-state index contributed by atoms with van der Waals surface area (Å²) in [5, 5.41) is 0. The van der Waals surface area contributed by atoms with Crippen LogP contribution in [0.2, 0.25) is 0 Å². The summed E-state index contributed by atoms with van der Waals surface area (Å²) < 4.78 is 11.2. The Balaban J connectivity index is 2.81. The van der Waals surface area contributed by atoms with Gasteiger partial charge in [-0.3, -0.25) is 0 Å². The second kappa shape index (κ2) is 7.27. The lowest BCUT2D eigenvalue weighted by Crippen LogP contribution is -2.13. The van der Waals surface area contributed by atoms with E-state index in [2.05, 4.69) is 13.8 Å². The van der Waals surface area contributed by atoms with Gasteiger partial charge in [-0.05, 0) is 31.4 Å². The Morgan fingerprint density at radius 3 is 2.44 bits per heavy atom. The standard InChI is InChI=1S/C15H25NO2/c1-5-7-11(2)10-18-14-9-6-8-13(17-4)15(14)12(3)16/h6,8-9,11-12H,5,7,10,16H2,1-4H3/t11?,12-/m0/s1. The van der Waals surface area contributed by atoms with Crippen molar-refractivity contribution in [1.29, 1.82) is 0 Å². The highest BCUT2D eigenvalue weighted by Crippen LogP contribution is 2.33. The van der Waals surface area contributed by atoms with E-state index in [1.165, 1.54) is 12.8 Å². The highest BCUT2D eigenvalue weighted by atomic mass is 16.5. The third-order valence-electron chi connectivity index (χ3n) is 3.01. The summed E-state index contributed by atoms with van der Waals surface area (Å²) in [4.78, 5) is 0. The minimum absolute atomic E-state index is 0.0994. The molecule has 2 N–H and O–H groups in total. The summed E-state index contributed by atoms with van der Waals surface area (Å²) in [6.45, 7) is 7.06. The first-order valence-electron chi connectivity index (χ1n) is 6.65. The van der Waals surface area contributed by atoms with Gasteiger partial charge in [-0.15, -0.1) is 0 Å². The van der Waals surface area contributed by atoms with Gasteiger partial charge < -0.3 is 15.2 Å². The molecule has 0 aliphatic rings. The maximum Gasteiger partial charge on any atom is 0.127 e. The van der Waals surface area contributed by atoms with Gasteiger partial charge in [-0.2, -0.15) is 0 Å². The smallest absolute Gasteiger partial charge is 0.127 e. The molecule has 0 heterocycles. The molecule has 1 aromatic carbocycles. The van der Waals surface area contributed by atoms with Crippen LogP contribution in [0.3, 0.4) is 0 Å². The van der Waals surface area contributed by atoms with Gasteiger partial charge in [0, 0.05) is 6.04 Å². The molecule has 18 heavy (non-hydrogen) atoms. The van der Waals surface area contributed by atoms with Gasteiger partial charge in [0.1, 0.15) is 11.5 Å². The fourth-order valence-corrected chi connectivity index (χ4v) is 2.08. The lowest BCUT2D eigenvalue weighted by Gasteiger charge is -2.19. The van der Waals surface area contributed by atoms with Crippen molar-refractivity contribution in [1.82, 2.24) is 0 Å². The van der Waals surface area contributed by atoms with E-state index < -0.39 is 0 Å². The number of benzene rings is 1. The summed E-state index contributed by atoms with van der Waals surface area (Å²) in [5.41, 5.74) is 6.94. The first kappa shape index (κ1) is 14.8. The molecule has 3 nitrogen and oxygen atoms in total. The van der Waals surface area contributed by atoms with Crippen LogP contribution in [-0.4, -0.2) is 13.7 Å². The molecular weight excluding hydrogens is 226 g/mol. The van der Waals surface area contributed by atoms with E-state index >= 15 is 0 Å². The number of methoxy groups -OCH3 is 1. The molecule has 2 atom stereocenters. The van der Waals surface area contributed by atoms with Gasteiger partial charge in [0.15, 0.2) is 0 Å². The predicted octanol–water partition coefficient (Wildman–Crippen LogP) is 3.53. The maximum atomic E-state index is 6.00. The third kappa shape index (κ3) is 3.91. The molecular formula is C15H25NO2. The minimum Gasteiger partial charge on any atom is -0.496 e. The van der Waals surface area contributed by atoms with E-state index in [-0.39, 0.29) is 6.04 Å². The fourth-order valence-electron chi connectivity index (χ4n) is 2.08. The van der Waals surface area contributed by atoms with Crippen molar-refractivity contribution in [2.75, 3.05) is 13.7 Å². The molecule has 0 saturated heterocycles. The Bertz CT molecular complexity index is 364. The molecule has 1 rings (SSSR count). The fraction of sp³-hybridized carbons (Fsp3) is 0.600. The van der Waals surface area contributed by atoms with Crippen LogP contribution in [0.5, 0.6) is 11.5 Å². The van der Waals surface area contributed by atoms with Crippen LogP contribution in [0, 0.1) is 5.92 Å². The molecule has 1 unspecified atom stereocenters. The van der Waals surface area contributed by atoms with Gasteiger partial charge in [-0.1, -0.05) is 26.3 Å². The van der Waals surface area contributed by atoms with Crippen LogP contribution in [0.1, 0.15) is 45.2 Å². The van der Waals surface area contributed by atoms with E-state index in [0.29, 0.717) is 5.92 Å². The zero-order valence-electron chi connectivity index (χ0n) is 11.9. The van der Waals surface area contributed by atoms with E-state index in [4.69, 9.17) is 15.2 Å². The average molecular weight is 251 g/mol. The summed E-state index contributed by atoms with van der Waals surface area (Å²) in [7, 11) is 1.66. The summed E-state index contributed by atoms with van der Waals surface area (Å²) in [6.07, 6.45) is 2.36. The van der Waals surface area contributed by atoms with Crippen molar-refractivity contribution in [3.63, 3.8) is 0 Å². The lowest BCUT2D eigenvalue weighted by atomic mass is 10.1. The molecule has 0 aromatic heterocycles. The molecule has 1 aromatic rings. The Morgan fingerprint density at radius 1 is 1.22 bits per heavy atom. The largest absolute Gasteiger partial charge is 0.496 e. The second-order valence-corrected chi connectivity index (χ2v) is 4.87. The van der Waals surface area contributed by atoms with Gasteiger partial charge in [0.2, 0.25) is 0 Å². The predicted molar refractivity (Wildman–Crippen MR) is 75.2 cm³/mol. The van der Waals surface area contributed by atoms with Crippen molar-refractivity contribution < 1.29 is 9.47 Å². The lowest BCUT2D eigenvalue weighted by molar-refractivity contribution is 0.247. The molecule has 0 saturated carbocycles. The molecule has 0 aliphatic heterocycles. The van der Waals surface area contributed by atoms with Crippen molar-refractivity contribution in [3.05, 3.63) is 23.8 Å². The average Bonchev–Trinajstić information content (AvgIpc) is 2.35. The molecule has 102 valence electrons. The summed E-state index contributed by atoms with van der Waals surface area (Å²) >= 11 is 0. The molecule has 0 amide bonds. The molecule has 0 bridgehead atoms. The van der Waals surface area contributed by atoms with E-state index in [0.717, 1.165) is 23.7 Å². The quantitative estimate of drug-likeness (QED) is 0.806. The van der Waals surface area contributed by atoms with Gasteiger partial charge >= 0.3 is 0 Å². The highest BCUT2D eigenvalue weighted by Gasteiger charge is 2.14. The SMILES string of the molecule is CCCC(C)COc1cccc(OC)c1[C@H](C)N. The van der Waals surface area contributed by atoms with E-state index in [9.17, 15) is 0 Å². The molecule has 0 aliphatic carbocycles. The summed E-state index contributed by atoms with van der Waals surface area (Å²) in [6, 6.07) is 5.71. The topological polar surface area (TPSA) is 44.5 Å². The number of hydrogen-bond acceptors (Lipinski definition) is 3. The van der Waals surface area contributed by atoms with Gasteiger partial charge in [0.05, 0.1) is 19.3 Å². The Kier molecular flexibility index (Phi) is 5.99. The first-order valence-corrected chi connectivity index (χ1v) is 6.65. The van der Waals surface area contributed by atoms with Crippen LogP contribution in [-0.2, 0) is 0 Å². The molecule has 0 radical (unpaired) electrons. The van der Waals surface area contributed by atoms with E-state index in [1.807, 2.05) is 25.1 Å². The zero-order chi connectivity index (χ0) is 13.5. The van der Waals surface area contributed by atoms with Crippen LogP contribution in [0.4, 0.5) is 0 Å². The van der Waals surface area contributed by atoms with Gasteiger partial charge in [-0.25, -0.2) is 0 Å². The van der Waals surface area contributed by atoms with Crippen LogP contribution >= 0.6 is 0 Å².